The molecule has 2 N–H and O–H groups in total. The number of amides is 1. The van der Waals surface area contributed by atoms with Gasteiger partial charge in [0.05, 0.1) is 12.5 Å². The number of carbonyl (C=O) groups excluding carboxylic acids is 1. The fraction of sp³-hybridized carbons (Fsp3) is 0.417. The van der Waals surface area contributed by atoms with E-state index in [4.69, 9.17) is 16.3 Å². The second-order valence-electron chi connectivity index (χ2n) is 6.65. The number of aliphatic carboxylic acids is 1. The summed E-state index contributed by atoms with van der Waals surface area (Å²) in [6.07, 6.45) is 9.25. The average molecular weight is 436 g/mol. The molecular weight excluding hydrogens is 402 g/mol. The topological polar surface area (TPSA) is 75.6 Å². The molecule has 0 saturated carbocycles. The minimum atomic E-state index is -1.10. The lowest BCUT2D eigenvalue weighted by molar-refractivity contribution is -0.133. The zero-order valence-electron chi connectivity index (χ0n) is 18.7. The number of carboxylic acids is 1. The summed E-state index contributed by atoms with van der Waals surface area (Å²) in [7, 11) is 1.59. The molecule has 0 spiro atoms. The molecule has 1 amide bonds. The average Bonchev–Trinajstić information content (AvgIpc) is 2.72. The molecule has 0 rings (SSSR count). The van der Waals surface area contributed by atoms with Crippen LogP contribution in [0.5, 0.6) is 0 Å². The number of alkyl halides is 1. The summed E-state index contributed by atoms with van der Waals surface area (Å²) in [6.45, 7) is 14.9. The fourth-order valence-electron chi connectivity index (χ4n) is 2.82. The Bertz CT molecular complexity index is 772. The number of ether oxygens (including phenoxy) is 1. The number of carbonyl (C=O) groups is 2. The van der Waals surface area contributed by atoms with Gasteiger partial charge in [0.2, 0.25) is 0 Å². The van der Waals surface area contributed by atoms with Crippen LogP contribution < -0.4 is 5.32 Å². The number of methoxy groups -OCH3 is 1. The zero-order valence-corrected chi connectivity index (χ0v) is 19.4. The summed E-state index contributed by atoms with van der Waals surface area (Å²) in [5, 5.41) is 11.5. The summed E-state index contributed by atoms with van der Waals surface area (Å²) in [4.78, 5) is 23.9. The largest absolute Gasteiger partial charge is 0.496 e. The van der Waals surface area contributed by atoms with E-state index in [9.17, 15) is 14.7 Å². The zero-order chi connectivity index (χ0) is 23.3. The molecule has 0 radical (unpaired) electrons. The normalized spacial score (nSPS) is 14.5. The van der Waals surface area contributed by atoms with Gasteiger partial charge < -0.3 is 15.2 Å². The van der Waals surface area contributed by atoms with E-state index < -0.39 is 17.3 Å². The molecule has 1 unspecified atom stereocenters. The fourth-order valence-corrected chi connectivity index (χ4v) is 3.11. The van der Waals surface area contributed by atoms with Gasteiger partial charge in [0.1, 0.15) is 5.76 Å². The Morgan fingerprint density at radius 2 is 1.90 bits per heavy atom. The van der Waals surface area contributed by atoms with Crippen molar-refractivity contribution in [3.8, 4) is 0 Å². The lowest BCUT2D eigenvalue weighted by Gasteiger charge is -2.18. The number of carboxylic acid groups (broad SMARTS) is 1. The van der Waals surface area contributed by atoms with E-state index in [0.717, 1.165) is 11.1 Å². The quantitative estimate of drug-likeness (QED) is 0.165. The van der Waals surface area contributed by atoms with Crippen LogP contribution in [0.15, 0.2) is 71.2 Å². The van der Waals surface area contributed by atoms with Crippen LogP contribution in [0.2, 0.25) is 0 Å². The van der Waals surface area contributed by atoms with Crippen molar-refractivity contribution in [2.45, 2.75) is 58.8 Å². The van der Waals surface area contributed by atoms with Crippen LogP contribution in [0.25, 0.3) is 0 Å². The molecule has 0 heterocycles. The maximum absolute atomic E-state index is 12.7. The van der Waals surface area contributed by atoms with Crippen molar-refractivity contribution < 1.29 is 19.4 Å². The monoisotopic (exact) mass is 435 g/mol. The van der Waals surface area contributed by atoms with Crippen molar-refractivity contribution in [3.63, 3.8) is 0 Å². The van der Waals surface area contributed by atoms with Gasteiger partial charge in [-0.2, -0.15) is 0 Å². The van der Waals surface area contributed by atoms with Crippen molar-refractivity contribution in [2.24, 2.45) is 0 Å². The van der Waals surface area contributed by atoms with Crippen LogP contribution in [0.3, 0.4) is 0 Å². The first kappa shape index (κ1) is 27.5. The van der Waals surface area contributed by atoms with Gasteiger partial charge in [0.25, 0.3) is 5.91 Å². The molecule has 0 aromatic heterocycles. The van der Waals surface area contributed by atoms with Crippen LogP contribution in [0, 0.1) is 0 Å². The highest BCUT2D eigenvalue weighted by molar-refractivity contribution is 6.22. The summed E-state index contributed by atoms with van der Waals surface area (Å²) in [6, 6.07) is 0. The predicted octanol–water partition coefficient (Wildman–Crippen LogP) is 5.81. The highest BCUT2D eigenvalue weighted by Crippen LogP contribution is 2.25. The Morgan fingerprint density at radius 1 is 1.27 bits per heavy atom. The maximum atomic E-state index is 12.7. The van der Waals surface area contributed by atoms with Crippen LogP contribution in [0.1, 0.15) is 53.4 Å². The molecule has 0 aromatic rings. The van der Waals surface area contributed by atoms with E-state index in [1.807, 2.05) is 26.0 Å². The summed E-state index contributed by atoms with van der Waals surface area (Å²) in [5.41, 5.74) is 2.45. The van der Waals surface area contributed by atoms with Gasteiger partial charge in [0, 0.05) is 22.4 Å². The van der Waals surface area contributed by atoms with Crippen LogP contribution in [-0.2, 0) is 14.3 Å². The van der Waals surface area contributed by atoms with Gasteiger partial charge >= 0.3 is 5.97 Å². The Hall–Kier alpha value is -2.53. The lowest BCUT2D eigenvalue weighted by Crippen LogP contribution is -2.30. The molecule has 166 valence electrons. The third-order valence-corrected chi connectivity index (χ3v) is 5.00. The molecule has 6 heteroatoms. The van der Waals surface area contributed by atoms with Gasteiger partial charge in [-0.15, -0.1) is 11.6 Å². The van der Waals surface area contributed by atoms with Crippen molar-refractivity contribution in [1.29, 1.82) is 0 Å². The van der Waals surface area contributed by atoms with Gasteiger partial charge in [-0.3, -0.25) is 4.79 Å². The van der Waals surface area contributed by atoms with Gasteiger partial charge in [-0.1, -0.05) is 44.7 Å². The standard InChI is InChI=1S/C24H34ClNO4/c1-8-12-19(17(6)24(28)29)23(27)26-21(11-4)20(25)15-14-16(5)18(10-3)22(30-7)13-9-2/h9-11,13,20H,3,5,8,12,14-15H2,1-2,4,6-7H3,(H,26,27)(H,28,29)/b13-9-,19-17-,21-11+,22-18-. The van der Waals surface area contributed by atoms with E-state index in [1.54, 1.807) is 26.2 Å². The second kappa shape index (κ2) is 14.5. The molecule has 0 aliphatic rings. The number of rotatable bonds is 13. The molecule has 0 saturated heterocycles. The molecule has 0 fully saturated rings. The van der Waals surface area contributed by atoms with E-state index in [1.165, 1.54) is 6.92 Å². The smallest absolute Gasteiger partial charge is 0.331 e. The number of hydrogen-bond donors (Lipinski definition) is 2. The van der Waals surface area contributed by atoms with Crippen molar-refractivity contribution >= 4 is 23.5 Å². The minimum Gasteiger partial charge on any atom is -0.496 e. The molecular formula is C24H34ClNO4. The van der Waals surface area contributed by atoms with Crippen molar-refractivity contribution in [2.75, 3.05) is 7.11 Å². The van der Waals surface area contributed by atoms with Gasteiger partial charge in [-0.25, -0.2) is 4.79 Å². The summed E-state index contributed by atoms with van der Waals surface area (Å²) < 4.78 is 5.39. The summed E-state index contributed by atoms with van der Waals surface area (Å²) in [5.74, 6) is -0.870. The number of allylic oxidation sites excluding steroid dienone is 7. The third kappa shape index (κ3) is 8.46. The second-order valence-corrected chi connectivity index (χ2v) is 7.18. The van der Waals surface area contributed by atoms with Crippen molar-refractivity contribution in [1.82, 2.24) is 5.32 Å². The Kier molecular flexibility index (Phi) is 13.2. The number of nitrogens with one attached hydrogen (secondary N) is 1. The van der Waals surface area contributed by atoms with E-state index in [0.29, 0.717) is 37.1 Å². The molecule has 5 nitrogen and oxygen atoms in total. The maximum Gasteiger partial charge on any atom is 0.331 e. The predicted molar refractivity (Wildman–Crippen MR) is 124 cm³/mol. The minimum absolute atomic E-state index is 0.0427. The Morgan fingerprint density at radius 3 is 2.33 bits per heavy atom. The third-order valence-electron chi connectivity index (χ3n) is 4.54. The Labute approximate surface area is 185 Å². The van der Waals surface area contributed by atoms with Gasteiger partial charge in [-0.05, 0) is 51.7 Å². The first-order chi connectivity index (χ1) is 14.2. The summed E-state index contributed by atoms with van der Waals surface area (Å²) >= 11 is 6.54. The molecule has 1 atom stereocenters. The highest BCUT2D eigenvalue weighted by Gasteiger charge is 2.20. The number of halogens is 1. The molecule has 0 aliphatic carbocycles. The SMILES string of the molecule is C=C/C(C(=C)CCC(Cl)/C(=C\C)NC(=O)/C(CCC)=C(/C)C(=O)O)=C(\C=C/C)OC. The van der Waals surface area contributed by atoms with E-state index in [-0.39, 0.29) is 11.1 Å². The first-order valence-corrected chi connectivity index (χ1v) is 10.4. The van der Waals surface area contributed by atoms with Crippen LogP contribution >= 0.6 is 11.6 Å². The molecule has 0 aliphatic heterocycles. The highest BCUT2D eigenvalue weighted by atomic mass is 35.5. The molecule has 0 aromatic carbocycles. The number of hydrogen-bond acceptors (Lipinski definition) is 3. The van der Waals surface area contributed by atoms with E-state index >= 15 is 0 Å². The molecule has 0 bridgehead atoms. The van der Waals surface area contributed by atoms with Gasteiger partial charge in [0.15, 0.2) is 0 Å². The van der Waals surface area contributed by atoms with Crippen LogP contribution in [0.4, 0.5) is 0 Å². The Balaban J connectivity index is 5.34. The lowest BCUT2D eigenvalue weighted by atomic mass is 9.99. The van der Waals surface area contributed by atoms with Crippen LogP contribution in [-0.4, -0.2) is 29.5 Å². The van der Waals surface area contributed by atoms with E-state index in [2.05, 4.69) is 18.5 Å². The molecule has 30 heavy (non-hydrogen) atoms. The van der Waals surface area contributed by atoms with Crippen molar-refractivity contribution in [3.05, 3.63) is 71.2 Å². The first-order valence-electron chi connectivity index (χ1n) is 9.94.